The van der Waals surface area contributed by atoms with E-state index in [4.69, 9.17) is 9.26 Å². The Hall–Kier alpha value is -0.393. The highest BCUT2D eigenvalue weighted by Crippen LogP contribution is 2.68. The summed E-state index contributed by atoms with van der Waals surface area (Å²) in [7, 11) is 1.63. The quantitative estimate of drug-likeness (QED) is 0.296. The predicted molar refractivity (Wildman–Crippen MR) is 142 cm³/mol. The molecule has 0 aliphatic heterocycles. The molecule has 34 heavy (non-hydrogen) atoms. The fraction of sp³-hybridized carbons (Fsp3) is 0.966. The Morgan fingerprint density at radius 3 is 2.26 bits per heavy atom. The molecule has 4 aliphatic carbocycles. The van der Waals surface area contributed by atoms with Gasteiger partial charge >= 0.3 is 0 Å². The summed E-state index contributed by atoms with van der Waals surface area (Å²) in [5.74, 6) is 4.02. The van der Waals surface area contributed by atoms with Gasteiger partial charge in [0.1, 0.15) is 0 Å². The van der Waals surface area contributed by atoms with Crippen LogP contribution in [-0.2, 0) is 14.1 Å². The van der Waals surface area contributed by atoms with Crippen molar-refractivity contribution in [3.63, 3.8) is 0 Å². The minimum Gasteiger partial charge on any atom is -0.414 e. The van der Waals surface area contributed by atoms with Crippen molar-refractivity contribution in [1.82, 2.24) is 5.06 Å². The van der Waals surface area contributed by atoms with Gasteiger partial charge in [0.15, 0.2) is 8.32 Å². The van der Waals surface area contributed by atoms with Gasteiger partial charge in [-0.05, 0) is 116 Å². The van der Waals surface area contributed by atoms with Crippen LogP contribution < -0.4 is 0 Å². The van der Waals surface area contributed by atoms with Gasteiger partial charge in [0, 0.05) is 19.6 Å². The number of hydrogen-bond acceptors (Lipinski definition) is 3. The zero-order valence-corrected chi connectivity index (χ0v) is 24.7. The highest BCUT2D eigenvalue weighted by molar-refractivity contribution is 6.74. The van der Waals surface area contributed by atoms with Crippen LogP contribution in [0.5, 0.6) is 0 Å². The molecule has 0 saturated heterocycles. The smallest absolute Gasteiger partial charge is 0.246 e. The number of carbonyl (C=O) groups excluding carboxylic acids is 1. The average molecular weight is 492 g/mol. The van der Waals surface area contributed by atoms with E-state index < -0.39 is 8.32 Å². The number of fused-ring (bicyclic) bond motifs is 5. The van der Waals surface area contributed by atoms with E-state index in [1.54, 1.807) is 14.2 Å². The van der Waals surface area contributed by atoms with E-state index in [1.165, 1.54) is 62.9 Å². The topological polar surface area (TPSA) is 38.8 Å². The lowest BCUT2D eigenvalue weighted by Crippen LogP contribution is -2.55. The van der Waals surface area contributed by atoms with E-state index in [1.807, 2.05) is 0 Å². The van der Waals surface area contributed by atoms with E-state index in [2.05, 4.69) is 47.7 Å². The second-order valence-electron chi connectivity index (χ2n) is 14.5. The third kappa shape index (κ3) is 4.45. The molecule has 5 heteroatoms. The van der Waals surface area contributed by atoms with Gasteiger partial charge < -0.3 is 4.43 Å². The zero-order chi connectivity index (χ0) is 25.1. The van der Waals surface area contributed by atoms with Crippen LogP contribution in [0.3, 0.4) is 0 Å². The number of amides is 1. The summed E-state index contributed by atoms with van der Waals surface area (Å²) in [5.41, 5.74) is 0.818. The Balaban J connectivity index is 1.44. The highest BCUT2D eigenvalue weighted by Gasteiger charge is 2.60. The van der Waals surface area contributed by atoms with E-state index in [0.717, 1.165) is 23.7 Å². The monoisotopic (exact) mass is 491 g/mol. The molecule has 4 fully saturated rings. The first-order valence-electron chi connectivity index (χ1n) is 14.2. The summed E-state index contributed by atoms with van der Waals surface area (Å²) in [6.07, 6.45) is 13.0. The summed E-state index contributed by atoms with van der Waals surface area (Å²) >= 11 is 0. The molecule has 0 N–H and O–H groups in total. The summed E-state index contributed by atoms with van der Waals surface area (Å²) < 4.78 is 6.93. The van der Waals surface area contributed by atoms with Crippen LogP contribution in [0.2, 0.25) is 18.1 Å². The van der Waals surface area contributed by atoms with Crippen molar-refractivity contribution in [3.8, 4) is 0 Å². The average Bonchev–Trinajstić information content (AvgIpc) is 3.08. The largest absolute Gasteiger partial charge is 0.414 e. The van der Waals surface area contributed by atoms with Gasteiger partial charge in [-0.3, -0.25) is 9.63 Å². The van der Waals surface area contributed by atoms with Crippen LogP contribution in [0.4, 0.5) is 0 Å². The number of hydrogen-bond donors (Lipinski definition) is 0. The van der Waals surface area contributed by atoms with E-state index in [9.17, 15) is 4.79 Å². The summed E-state index contributed by atoms with van der Waals surface area (Å²) in [4.78, 5) is 17.8. The standard InChI is InChI=1S/C29H53NO3Si/c1-27(2,3)34(8,9)33-22-14-16-28(4)20(18-22)10-12-23-24-13-11-21(19-26(31)30(6)32-7)29(24,5)17-15-25(23)28/h20-25H,10-19H2,1-9H3/t20-,21+,22-,23-,24-,25-,28-,29+/m0/s1. The Morgan fingerprint density at radius 1 is 0.971 bits per heavy atom. The fourth-order valence-electron chi connectivity index (χ4n) is 8.80. The maximum atomic E-state index is 12.7. The first-order chi connectivity index (χ1) is 15.7. The molecule has 0 aromatic heterocycles. The summed E-state index contributed by atoms with van der Waals surface area (Å²) in [6.45, 7) is 17.1. The van der Waals surface area contributed by atoms with Gasteiger partial charge in [-0.15, -0.1) is 0 Å². The van der Waals surface area contributed by atoms with Crippen molar-refractivity contribution in [3.05, 3.63) is 0 Å². The molecule has 8 atom stereocenters. The first-order valence-corrected chi connectivity index (χ1v) is 17.1. The van der Waals surface area contributed by atoms with Crippen LogP contribution >= 0.6 is 0 Å². The maximum absolute atomic E-state index is 12.7. The lowest BCUT2D eigenvalue weighted by Gasteiger charge is -2.61. The Bertz CT molecular complexity index is 763. The van der Waals surface area contributed by atoms with E-state index in [-0.39, 0.29) is 10.9 Å². The predicted octanol–water partition coefficient (Wildman–Crippen LogP) is 7.45. The molecule has 0 unspecified atom stereocenters. The number of rotatable bonds is 5. The molecular formula is C29H53NO3Si. The van der Waals surface area contributed by atoms with E-state index in [0.29, 0.717) is 29.3 Å². The van der Waals surface area contributed by atoms with Crippen molar-refractivity contribution >= 4 is 14.2 Å². The molecule has 0 radical (unpaired) electrons. The molecule has 196 valence electrons. The molecule has 4 aliphatic rings. The van der Waals surface area contributed by atoms with Crippen molar-refractivity contribution < 1.29 is 14.1 Å². The van der Waals surface area contributed by atoms with Crippen molar-refractivity contribution in [2.45, 2.75) is 123 Å². The third-order valence-electron chi connectivity index (χ3n) is 12.1. The van der Waals surface area contributed by atoms with Crippen LogP contribution in [0.15, 0.2) is 0 Å². The normalized spacial score (nSPS) is 42.5. The molecule has 0 aromatic rings. The van der Waals surface area contributed by atoms with Crippen molar-refractivity contribution in [1.29, 1.82) is 0 Å². The molecule has 1 amide bonds. The zero-order valence-electron chi connectivity index (χ0n) is 23.7. The van der Waals surface area contributed by atoms with Crippen LogP contribution in [0.25, 0.3) is 0 Å². The van der Waals surface area contributed by atoms with Crippen LogP contribution in [0, 0.1) is 40.4 Å². The first kappa shape index (κ1) is 26.7. The highest BCUT2D eigenvalue weighted by atomic mass is 28.4. The van der Waals surface area contributed by atoms with Gasteiger partial charge in [0.2, 0.25) is 5.91 Å². The molecule has 0 bridgehead atoms. The van der Waals surface area contributed by atoms with Crippen LogP contribution in [0.1, 0.15) is 98.8 Å². The Kier molecular flexibility index (Phi) is 7.19. The molecule has 4 rings (SSSR count). The van der Waals surface area contributed by atoms with Gasteiger partial charge in [-0.25, -0.2) is 5.06 Å². The fourth-order valence-corrected chi connectivity index (χ4v) is 10.2. The summed E-state index contributed by atoms with van der Waals surface area (Å²) in [5, 5.41) is 1.72. The molecule has 4 nitrogen and oxygen atoms in total. The van der Waals surface area contributed by atoms with Gasteiger partial charge in [0.25, 0.3) is 0 Å². The van der Waals surface area contributed by atoms with Crippen molar-refractivity contribution in [2.75, 3.05) is 14.2 Å². The van der Waals surface area contributed by atoms with E-state index >= 15 is 0 Å². The van der Waals surface area contributed by atoms with Crippen LogP contribution in [-0.4, -0.2) is 39.5 Å². The lowest BCUT2D eigenvalue weighted by molar-refractivity contribution is -0.171. The third-order valence-corrected chi connectivity index (χ3v) is 16.7. The number of nitrogens with zero attached hydrogens (tertiary/aromatic N) is 1. The second-order valence-corrected chi connectivity index (χ2v) is 19.3. The SMILES string of the molecule is CON(C)C(=O)C[C@H]1CC[C@H]2[C@@H]3CC[C@H]4C[C@@H](O[Si](C)(C)C(C)(C)C)CC[C@]4(C)[C@H]3CC[C@]12C. The van der Waals surface area contributed by atoms with Crippen molar-refractivity contribution in [2.24, 2.45) is 40.4 Å². The Labute approximate surface area is 211 Å². The van der Waals surface area contributed by atoms with Gasteiger partial charge in [-0.1, -0.05) is 34.6 Å². The molecule has 0 aromatic carbocycles. The number of hydroxylamine groups is 2. The molecule has 0 spiro atoms. The maximum Gasteiger partial charge on any atom is 0.246 e. The number of carbonyl (C=O) groups is 1. The molecule has 0 heterocycles. The second kappa shape index (κ2) is 9.17. The van der Waals surface area contributed by atoms with Gasteiger partial charge in [-0.2, -0.15) is 0 Å². The minimum absolute atomic E-state index is 0.146. The molecular weight excluding hydrogens is 438 g/mol. The summed E-state index contributed by atoms with van der Waals surface area (Å²) in [6, 6.07) is 0. The minimum atomic E-state index is -1.71. The van der Waals surface area contributed by atoms with Gasteiger partial charge in [0.05, 0.1) is 7.11 Å². The Morgan fingerprint density at radius 2 is 1.62 bits per heavy atom. The lowest BCUT2D eigenvalue weighted by atomic mass is 9.44. The molecule has 4 saturated carbocycles.